The second-order valence-corrected chi connectivity index (χ2v) is 7.90. The van der Waals surface area contributed by atoms with Crippen LogP contribution in [0.15, 0.2) is 0 Å². The van der Waals surface area contributed by atoms with Gasteiger partial charge in [-0.05, 0) is 0 Å². The Labute approximate surface area is 188 Å². The van der Waals surface area contributed by atoms with Gasteiger partial charge in [0.2, 0.25) is 5.91 Å². The van der Waals surface area contributed by atoms with Crippen LogP contribution in [0.2, 0.25) is 0 Å². The lowest BCUT2D eigenvalue weighted by Crippen LogP contribution is -2.70. The van der Waals surface area contributed by atoms with Gasteiger partial charge in [-0.25, -0.2) is 4.79 Å². The van der Waals surface area contributed by atoms with Gasteiger partial charge in [-0.3, -0.25) is 4.79 Å². The van der Waals surface area contributed by atoms with Gasteiger partial charge in [-0.2, -0.15) is 0 Å². The molecule has 0 bridgehead atoms. The third-order valence-corrected chi connectivity index (χ3v) is 5.57. The maximum atomic E-state index is 12.2. The molecule has 0 aromatic heterocycles. The van der Waals surface area contributed by atoms with E-state index in [1.165, 1.54) is 0 Å². The Morgan fingerprint density at radius 1 is 1.18 bits per heavy atom. The minimum atomic E-state index is -2.81. The van der Waals surface area contributed by atoms with Crippen molar-refractivity contribution in [2.24, 2.45) is 0 Å². The standard InChI is InChI=1S/C18H31NO14/c1-6(22)19-10-7(23)3-18(17(28)29,32-14(10)11(25)8(24)4-20)33-15-12(26)9(5-21)31-16(30-2)13(15)27/h7-16,20-21,23-27H,3-5H2,1-2H3,(H,19,22)(H,28,29)/t7-,8+,9+,10+,11+,12-,13+,14+,15-,16-,18-/m0/s1. The summed E-state index contributed by atoms with van der Waals surface area (Å²) in [4.78, 5) is 23.8. The Kier molecular flexibility index (Phi) is 9.49. The number of aliphatic carboxylic acids is 1. The van der Waals surface area contributed by atoms with Crippen LogP contribution in [-0.4, -0.2) is 140 Å². The predicted octanol–water partition coefficient (Wildman–Crippen LogP) is -5.39. The normalized spacial score (nSPS) is 41.2. The molecule has 0 radical (unpaired) electrons. The molecule has 9 N–H and O–H groups in total. The van der Waals surface area contributed by atoms with Crippen LogP contribution in [0, 0.1) is 0 Å². The molecule has 1 amide bonds. The van der Waals surface area contributed by atoms with Crippen molar-refractivity contribution in [1.29, 1.82) is 0 Å². The molecule has 2 saturated heterocycles. The van der Waals surface area contributed by atoms with E-state index in [2.05, 4.69) is 5.32 Å². The smallest absolute Gasteiger partial charge is 0.364 e. The monoisotopic (exact) mass is 485 g/mol. The molecule has 2 fully saturated rings. The van der Waals surface area contributed by atoms with E-state index in [1.54, 1.807) is 0 Å². The summed E-state index contributed by atoms with van der Waals surface area (Å²) in [5, 5.41) is 82.6. The number of aliphatic hydroxyl groups excluding tert-OH is 7. The molecule has 2 heterocycles. The molecule has 0 saturated carbocycles. The van der Waals surface area contributed by atoms with Crippen LogP contribution in [-0.2, 0) is 28.5 Å². The number of carbonyl (C=O) groups excluding carboxylic acids is 1. The number of hydrogen-bond donors (Lipinski definition) is 9. The first-order chi connectivity index (χ1) is 15.4. The minimum absolute atomic E-state index is 0.675. The summed E-state index contributed by atoms with van der Waals surface area (Å²) in [7, 11) is 1.14. The van der Waals surface area contributed by atoms with Gasteiger partial charge in [0.05, 0.1) is 25.4 Å². The number of amides is 1. The first-order valence-corrected chi connectivity index (χ1v) is 10.1. The molecule has 2 aliphatic rings. The number of aliphatic hydroxyl groups is 7. The lowest BCUT2D eigenvalue weighted by atomic mass is 9.88. The Hall–Kier alpha value is -1.50. The highest BCUT2D eigenvalue weighted by molar-refractivity contribution is 5.76. The Bertz CT molecular complexity index is 665. The Balaban J connectivity index is 2.44. The number of methoxy groups -OCH3 is 1. The SMILES string of the molecule is CO[C@H]1O[C@H](CO)[C@H](O)[C@H](O[C@]2(C(=O)O)C[C@H](O)[C@@H](NC(C)=O)[C@H]([C@H](O)[C@H](O)CO)O2)[C@H]1O. The van der Waals surface area contributed by atoms with Gasteiger partial charge in [0.15, 0.2) is 6.29 Å². The molecule has 0 aromatic rings. The summed E-state index contributed by atoms with van der Waals surface area (Å²) in [6.45, 7) is -0.620. The molecule has 2 rings (SSSR count). The number of carbonyl (C=O) groups is 2. The number of ether oxygens (including phenoxy) is 4. The lowest BCUT2D eigenvalue weighted by Gasteiger charge is -2.49. The average molecular weight is 485 g/mol. The molecule has 0 aliphatic carbocycles. The first-order valence-electron chi connectivity index (χ1n) is 10.1. The Morgan fingerprint density at radius 3 is 2.30 bits per heavy atom. The zero-order chi connectivity index (χ0) is 25.1. The second-order valence-electron chi connectivity index (χ2n) is 7.90. The topological polar surface area (TPSA) is 245 Å². The third-order valence-electron chi connectivity index (χ3n) is 5.57. The minimum Gasteiger partial charge on any atom is -0.477 e. The van der Waals surface area contributed by atoms with Crippen LogP contribution >= 0.6 is 0 Å². The summed E-state index contributed by atoms with van der Waals surface area (Å²) in [6.07, 6.45) is -16.3. The highest BCUT2D eigenvalue weighted by atomic mass is 16.8. The molecule has 15 nitrogen and oxygen atoms in total. The maximum absolute atomic E-state index is 12.2. The predicted molar refractivity (Wildman–Crippen MR) is 102 cm³/mol. The van der Waals surface area contributed by atoms with Gasteiger partial charge >= 0.3 is 5.97 Å². The van der Waals surface area contributed by atoms with Crippen LogP contribution in [0.5, 0.6) is 0 Å². The van der Waals surface area contributed by atoms with Crippen molar-refractivity contribution >= 4 is 11.9 Å². The first kappa shape index (κ1) is 27.7. The van der Waals surface area contributed by atoms with Crippen molar-refractivity contribution in [1.82, 2.24) is 5.32 Å². The molecule has 33 heavy (non-hydrogen) atoms. The summed E-state index contributed by atoms with van der Waals surface area (Å²) in [5.74, 6) is -5.32. The van der Waals surface area contributed by atoms with Crippen molar-refractivity contribution in [2.75, 3.05) is 20.3 Å². The molecule has 192 valence electrons. The fraction of sp³-hybridized carbons (Fsp3) is 0.889. The zero-order valence-electron chi connectivity index (χ0n) is 17.9. The van der Waals surface area contributed by atoms with Crippen LogP contribution in [0.3, 0.4) is 0 Å². The van der Waals surface area contributed by atoms with Gasteiger partial charge in [-0.1, -0.05) is 0 Å². The van der Waals surface area contributed by atoms with Gasteiger partial charge in [-0.15, -0.1) is 0 Å². The van der Waals surface area contributed by atoms with Crippen molar-refractivity contribution in [3.63, 3.8) is 0 Å². The van der Waals surface area contributed by atoms with Gasteiger partial charge in [0.25, 0.3) is 5.79 Å². The molecule has 11 atom stereocenters. The highest BCUT2D eigenvalue weighted by Gasteiger charge is 2.59. The largest absolute Gasteiger partial charge is 0.477 e. The molecule has 0 spiro atoms. The van der Waals surface area contributed by atoms with Crippen molar-refractivity contribution < 1.29 is 69.4 Å². The lowest BCUT2D eigenvalue weighted by molar-refractivity contribution is -0.368. The van der Waals surface area contributed by atoms with Crippen LogP contribution < -0.4 is 5.32 Å². The van der Waals surface area contributed by atoms with E-state index in [0.717, 1.165) is 14.0 Å². The highest BCUT2D eigenvalue weighted by Crippen LogP contribution is 2.37. The number of carboxylic acid groups (broad SMARTS) is 1. The number of nitrogens with one attached hydrogen (secondary N) is 1. The van der Waals surface area contributed by atoms with Crippen LogP contribution in [0.1, 0.15) is 13.3 Å². The summed E-state index contributed by atoms with van der Waals surface area (Å²) < 4.78 is 21.0. The molecule has 2 aliphatic heterocycles. The summed E-state index contributed by atoms with van der Waals surface area (Å²) >= 11 is 0. The fourth-order valence-electron chi connectivity index (χ4n) is 3.86. The molecular weight excluding hydrogens is 454 g/mol. The number of rotatable bonds is 9. The van der Waals surface area contributed by atoms with E-state index in [0.29, 0.717) is 0 Å². The zero-order valence-corrected chi connectivity index (χ0v) is 17.9. The van der Waals surface area contributed by atoms with E-state index >= 15 is 0 Å². The van der Waals surface area contributed by atoms with Gasteiger partial charge < -0.3 is 65.1 Å². The van der Waals surface area contributed by atoms with E-state index in [4.69, 9.17) is 18.9 Å². The van der Waals surface area contributed by atoms with E-state index in [-0.39, 0.29) is 0 Å². The maximum Gasteiger partial charge on any atom is 0.364 e. The van der Waals surface area contributed by atoms with Crippen molar-refractivity contribution in [2.45, 2.75) is 80.3 Å². The second kappa shape index (κ2) is 11.3. The van der Waals surface area contributed by atoms with E-state index in [1.807, 2.05) is 0 Å². The molecular formula is C18H31NO14. The van der Waals surface area contributed by atoms with E-state index in [9.17, 15) is 50.4 Å². The summed E-state index contributed by atoms with van der Waals surface area (Å²) in [5.41, 5.74) is 0. The van der Waals surface area contributed by atoms with Crippen LogP contribution in [0.4, 0.5) is 0 Å². The molecule has 0 unspecified atom stereocenters. The Morgan fingerprint density at radius 2 is 1.82 bits per heavy atom. The molecule has 0 aromatic carbocycles. The quantitative estimate of drug-likeness (QED) is 0.148. The van der Waals surface area contributed by atoms with E-state index < -0.39 is 98.5 Å². The third kappa shape index (κ3) is 5.77. The van der Waals surface area contributed by atoms with Crippen LogP contribution in [0.25, 0.3) is 0 Å². The summed E-state index contributed by atoms with van der Waals surface area (Å²) in [6, 6.07) is -1.42. The molecule has 15 heteroatoms. The average Bonchev–Trinajstić information content (AvgIpc) is 2.77. The van der Waals surface area contributed by atoms with Gasteiger partial charge in [0.1, 0.15) is 42.7 Å². The van der Waals surface area contributed by atoms with Crippen molar-refractivity contribution in [3.05, 3.63) is 0 Å². The number of hydrogen-bond acceptors (Lipinski definition) is 13. The fourth-order valence-corrected chi connectivity index (χ4v) is 3.86. The van der Waals surface area contributed by atoms with Gasteiger partial charge in [0, 0.05) is 20.5 Å². The number of carboxylic acids is 1. The van der Waals surface area contributed by atoms with Crippen molar-refractivity contribution in [3.8, 4) is 0 Å².